The van der Waals surface area contributed by atoms with E-state index >= 15 is 0 Å². The molecule has 0 aromatic heterocycles. The molecule has 0 aliphatic rings. The zero-order valence-electron chi connectivity index (χ0n) is 30.1. The molecule has 12 heteroatoms. The Hall–Kier alpha value is -6.66. The van der Waals surface area contributed by atoms with Crippen LogP contribution in [0, 0.1) is 13.8 Å². The van der Waals surface area contributed by atoms with Crippen LogP contribution in [-0.4, -0.2) is 60.6 Å². The van der Waals surface area contributed by atoms with Crippen molar-refractivity contribution in [3.63, 3.8) is 0 Å². The Morgan fingerprint density at radius 3 is 1.57 bits per heavy atom. The lowest BCUT2D eigenvalue weighted by molar-refractivity contribution is 0.0745. The highest BCUT2D eigenvalue weighted by atomic mass is 16.3. The number of amides is 2. The van der Waals surface area contributed by atoms with Gasteiger partial charge in [-0.05, 0) is 60.4 Å². The highest BCUT2D eigenvalue weighted by molar-refractivity contribution is 6.16. The third kappa shape index (κ3) is 6.70. The fourth-order valence-corrected chi connectivity index (χ4v) is 6.90. The highest BCUT2D eigenvalue weighted by Crippen LogP contribution is 2.51. The molecule has 2 amide bonds. The number of azo groups is 1. The van der Waals surface area contributed by atoms with Crippen molar-refractivity contribution < 1.29 is 40.2 Å². The van der Waals surface area contributed by atoms with Gasteiger partial charge in [-0.1, -0.05) is 74.5 Å². The number of benzene rings is 6. The van der Waals surface area contributed by atoms with Crippen molar-refractivity contribution in [3.05, 3.63) is 118 Å². The van der Waals surface area contributed by atoms with Crippen LogP contribution in [0.15, 0.2) is 95.2 Å². The van der Waals surface area contributed by atoms with E-state index in [4.69, 9.17) is 5.84 Å². The Bertz CT molecular complexity index is 2470. The molecule has 0 saturated carbocycles. The number of aromatic hydroxyl groups is 6. The molecular weight excluding hydrogens is 688 g/mol. The second-order valence-electron chi connectivity index (χ2n) is 13.6. The maximum Gasteiger partial charge on any atom is 0.299 e. The van der Waals surface area contributed by atoms with Crippen molar-refractivity contribution in [2.75, 3.05) is 13.1 Å². The number of phenols is 6. The zero-order valence-corrected chi connectivity index (χ0v) is 30.1. The highest BCUT2D eigenvalue weighted by Gasteiger charge is 2.29. The number of hydrazine groups is 1. The summed E-state index contributed by atoms with van der Waals surface area (Å²) in [7, 11) is 0. The SMILES string of the molecule is Cc1cc2c(C(=O)N=NCC(C)c3ccccc3)c(O)c(O)cc2c(O)c1-c1c(C)cc2c(C(=O)N(N)CC(C)c3ccccc3)c(O)c(O)cc2c1O. The van der Waals surface area contributed by atoms with Gasteiger partial charge >= 0.3 is 0 Å². The van der Waals surface area contributed by atoms with Crippen molar-refractivity contribution in [1.82, 2.24) is 5.01 Å². The molecule has 0 fully saturated rings. The quantitative estimate of drug-likeness (QED) is 0.0252. The summed E-state index contributed by atoms with van der Waals surface area (Å²) in [5.41, 5.74) is 2.17. The van der Waals surface area contributed by atoms with Gasteiger partial charge in [-0.25, -0.2) is 5.84 Å². The smallest absolute Gasteiger partial charge is 0.299 e. The lowest BCUT2D eigenvalue weighted by Crippen LogP contribution is -2.40. The van der Waals surface area contributed by atoms with Crippen LogP contribution in [0.25, 0.3) is 32.7 Å². The van der Waals surface area contributed by atoms with E-state index in [1.165, 1.54) is 12.1 Å². The van der Waals surface area contributed by atoms with Gasteiger partial charge < -0.3 is 30.6 Å². The van der Waals surface area contributed by atoms with Gasteiger partial charge in [0.1, 0.15) is 11.5 Å². The summed E-state index contributed by atoms with van der Waals surface area (Å²) >= 11 is 0. The van der Waals surface area contributed by atoms with E-state index in [2.05, 4.69) is 10.2 Å². The predicted molar refractivity (Wildman–Crippen MR) is 205 cm³/mol. The van der Waals surface area contributed by atoms with E-state index < -0.39 is 46.3 Å². The molecule has 0 saturated heterocycles. The molecule has 0 heterocycles. The fraction of sp³-hybridized carbons (Fsp3) is 0.190. The third-order valence-electron chi connectivity index (χ3n) is 9.80. The van der Waals surface area contributed by atoms with E-state index in [1.807, 2.05) is 74.5 Å². The molecule has 54 heavy (non-hydrogen) atoms. The number of hydrogen-bond acceptors (Lipinski definition) is 10. The van der Waals surface area contributed by atoms with Gasteiger partial charge in [0.2, 0.25) is 0 Å². The maximum atomic E-state index is 13.8. The number of carbonyl (C=O) groups excluding carboxylic acids is 2. The van der Waals surface area contributed by atoms with Gasteiger partial charge in [0, 0.05) is 51.1 Å². The minimum atomic E-state index is -0.940. The normalized spacial score (nSPS) is 12.7. The van der Waals surface area contributed by atoms with Crippen molar-refractivity contribution in [3.8, 4) is 45.6 Å². The summed E-state index contributed by atoms with van der Waals surface area (Å²) in [6.45, 7) is 7.31. The molecule has 6 rings (SSSR count). The molecule has 276 valence electrons. The van der Waals surface area contributed by atoms with Crippen LogP contribution >= 0.6 is 0 Å². The number of nitrogens with zero attached hydrogens (tertiary/aromatic N) is 3. The summed E-state index contributed by atoms with van der Waals surface area (Å²) in [6.07, 6.45) is 0. The summed E-state index contributed by atoms with van der Waals surface area (Å²) < 4.78 is 0. The summed E-state index contributed by atoms with van der Waals surface area (Å²) in [5.74, 6) is 0.553. The van der Waals surface area contributed by atoms with Gasteiger partial charge in [0.25, 0.3) is 11.8 Å². The molecule has 6 aromatic carbocycles. The topological polar surface area (TPSA) is 209 Å². The Morgan fingerprint density at radius 1 is 0.630 bits per heavy atom. The molecular formula is C42H40N4O8. The Morgan fingerprint density at radius 2 is 1.07 bits per heavy atom. The largest absolute Gasteiger partial charge is 0.507 e. The zero-order chi connectivity index (χ0) is 39.0. The minimum Gasteiger partial charge on any atom is -0.507 e. The van der Waals surface area contributed by atoms with Gasteiger partial charge in [-0.3, -0.25) is 14.6 Å². The van der Waals surface area contributed by atoms with E-state index in [9.17, 15) is 40.2 Å². The molecule has 8 N–H and O–H groups in total. The number of fused-ring (bicyclic) bond motifs is 2. The molecule has 0 bridgehead atoms. The molecule has 0 spiro atoms. The van der Waals surface area contributed by atoms with E-state index in [0.717, 1.165) is 28.3 Å². The van der Waals surface area contributed by atoms with E-state index in [1.54, 1.807) is 13.8 Å². The van der Waals surface area contributed by atoms with Crippen LogP contribution in [-0.2, 0) is 0 Å². The second kappa shape index (κ2) is 14.8. The molecule has 2 atom stereocenters. The average Bonchev–Trinajstić information content (AvgIpc) is 3.15. The number of rotatable bonds is 9. The van der Waals surface area contributed by atoms with Crippen LogP contribution in [0.4, 0.5) is 0 Å². The first kappa shape index (κ1) is 37.1. The number of carbonyl (C=O) groups is 2. The summed E-state index contributed by atoms with van der Waals surface area (Å²) in [4.78, 5) is 27.1. The Labute approximate surface area is 310 Å². The van der Waals surface area contributed by atoms with Crippen molar-refractivity contribution in [1.29, 1.82) is 0 Å². The van der Waals surface area contributed by atoms with Gasteiger partial charge in [-0.2, -0.15) is 5.11 Å². The van der Waals surface area contributed by atoms with Crippen molar-refractivity contribution in [2.45, 2.75) is 39.5 Å². The molecule has 0 aliphatic heterocycles. The van der Waals surface area contributed by atoms with Crippen LogP contribution in [0.2, 0.25) is 0 Å². The first-order chi connectivity index (χ1) is 25.7. The standard InChI is InChI=1S/C42H40N4O8/c1-21-15-27-29(17-31(47)39(51)35(27)41(53)45-44-19-23(3)25-11-7-5-8-12-25)37(49)33(21)34-22(2)16-28-30(38(34)50)18-32(48)40(52)36(28)42(54)46(43)20-24(4)26-13-9-6-10-14-26/h5-18,23-24,47-52H,19-20,43H2,1-4H3. The van der Waals surface area contributed by atoms with Crippen LogP contribution in [0.3, 0.4) is 0 Å². The maximum absolute atomic E-state index is 13.8. The van der Waals surface area contributed by atoms with Crippen LogP contribution in [0.5, 0.6) is 34.5 Å². The predicted octanol–water partition coefficient (Wildman–Crippen LogP) is 8.03. The van der Waals surface area contributed by atoms with Crippen LogP contribution in [0.1, 0.15) is 68.7 Å². The average molecular weight is 729 g/mol. The number of phenolic OH excluding ortho intramolecular Hbond substituents is 6. The van der Waals surface area contributed by atoms with Crippen molar-refractivity contribution in [2.24, 2.45) is 16.1 Å². The summed E-state index contributed by atoms with van der Waals surface area (Å²) in [5, 5.41) is 75.7. The van der Waals surface area contributed by atoms with E-state index in [-0.39, 0.29) is 68.7 Å². The second-order valence-corrected chi connectivity index (χ2v) is 13.6. The first-order valence-electron chi connectivity index (χ1n) is 17.2. The number of aryl methyl sites for hydroxylation is 2. The van der Waals surface area contributed by atoms with Gasteiger partial charge in [0.15, 0.2) is 23.0 Å². The number of hydrogen-bond donors (Lipinski definition) is 7. The van der Waals surface area contributed by atoms with Crippen molar-refractivity contribution >= 4 is 33.4 Å². The monoisotopic (exact) mass is 728 g/mol. The lowest BCUT2D eigenvalue weighted by Gasteiger charge is -2.24. The Balaban J connectivity index is 1.42. The van der Waals surface area contributed by atoms with Crippen LogP contribution < -0.4 is 5.84 Å². The van der Waals surface area contributed by atoms with Gasteiger partial charge in [0.05, 0.1) is 17.7 Å². The van der Waals surface area contributed by atoms with Gasteiger partial charge in [-0.15, -0.1) is 5.11 Å². The molecule has 2 unspecified atom stereocenters. The molecule has 6 aromatic rings. The molecule has 12 nitrogen and oxygen atoms in total. The first-order valence-corrected chi connectivity index (χ1v) is 17.2. The summed E-state index contributed by atoms with van der Waals surface area (Å²) in [6, 6.07) is 24.2. The van der Waals surface area contributed by atoms with E-state index in [0.29, 0.717) is 11.1 Å². The minimum absolute atomic E-state index is 0.0211. The Kier molecular flexibility index (Phi) is 10.1. The lowest BCUT2D eigenvalue weighted by atomic mass is 9.87. The molecule has 0 radical (unpaired) electrons. The third-order valence-corrected chi connectivity index (χ3v) is 9.80. The number of nitrogens with two attached hydrogens (primary N) is 1. The fourth-order valence-electron chi connectivity index (χ4n) is 6.90. The molecule has 0 aliphatic carbocycles.